The Kier molecular flexibility index (Phi) is 9.39. The van der Waals surface area contributed by atoms with E-state index >= 15 is 0 Å². The summed E-state index contributed by atoms with van der Waals surface area (Å²) in [6, 6.07) is 6.58. The molecule has 0 aliphatic carbocycles. The minimum atomic E-state index is 0.217. The van der Waals surface area contributed by atoms with Crippen LogP contribution in [0.4, 0.5) is 0 Å². The first-order valence-electron chi connectivity index (χ1n) is 7.54. The summed E-state index contributed by atoms with van der Waals surface area (Å²) in [6.07, 6.45) is 3.75. The first-order valence-corrected chi connectivity index (χ1v) is 7.54. The fourth-order valence-corrected chi connectivity index (χ4v) is 1.88. The van der Waals surface area contributed by atoms with Crippen LogP contribution < -0.4 is 5.73 Å². The highest BCUT2D eigenvalue weighted by Crippen LogP contribution is 2.21. The lowest BCUT2D eigenvalue weighted by atomic mass is 10.1. The molecule has 0 spiro atoms. The Morgan fingerprint density at radius 1 is 1.24 bits per heavy atom. The molecule has 0 fully saturated rings. The van der Waals surface area contributed by atoms with E-state index in [9.17, 15) is 0 Å². The number of H-pyrrole nitrogens is 1. The minimum absolute atomic E-state index is 0.217. The summed E-state index contributed by atoms with van der Waals surface area (Å²) in [5, 5.41) is 1.31. The average Bonchev–Trinajstić information content (AvgIpc) is 2.73. The quantitative estimate of drug-likeness (QED) is 0.813. The van der Waals surface area contributed by atoms with Crippen LogP contribution in [0.5, 0.6) is 0 Å². The van der Waals surface area contributed by atoms with Crippen molar-refractivity contribution in [2.75, 3.05) is 0 Å². The van der Waals surface area contributed by atoms with Crippen LogP contribution in [0.3, 0.4) is 0 Å². The zero-order valence-corrected chi connectivity index (χ0v) is 14.2. The lowest BCUT2D eigenvalue weighted by Crippen LogP contribution is -2.17. The third-order valence-electron chi connectivity index (χ3n) is 2.55. The number of aromatic nitrogens is 1. The maximum atomic E-state index is 8.81. The number of fused-ring (bicyclic) bond motifs is 1. The summed E-state index contributed by atoms with van der Waals surface area (Å²) in [6.45, 7) is 12.1. The smallest absolute Gasteiger partial charge is 0.116 e. The van der Waals surface area contributed by atoms with Crippen molar-refractivity contribution in [1.29, 1.82) is 0 Å². The van der Waals surface area contributed by atoms with Crippen molar-refractivity contribution in [2.24, 2.45) is 11.7 Å². The van der Waals surface area contributed by atoms with Crippen LogP contribution in [0.25, 0.3) is 10.9 Å². The molecule has 3 N–H and O–H groups in total. The highest BCUT2D eigenvalue weighted by atomic mass is 16.1. The molecule has 2 aromatic rings. The number of carbonyl (C=O) groups is 1. The summed E-state index contributed by atoms with van der Waals surface area (Å²) >= 11 is 0. The zero-order chi connectivity index (χ0) is 16.4. The van der Waals surface area contributed by atoms with E-state index in [4.69, 9.17) is 10.5 Å². The zero-order valence-electron chi connectivity index (χ0n) is 14.2. The van der Waals surface area contributed by atoms with E-state index < -0.39 is 0 Å². The lowest BCUT2D eigenvalue weighted by Gasteiger charge is -2.03. The molecule has 118 valence electrons. The van der Waals surface area contributed by atoms with Crippen molar-refractivity contribution < 1.29 is 4.79 Å². The Morgan fingerprint density at radius 3 is 2.24 bits per heavy atom. The van der Waals surface area contributed by atoms with Gasteiger partial charge in [-0.15, -0.1) is 0 Å². The molecule has 0 aliphatic heterocycles. The van der Waals surface area contributed by atoms with E-state index in [1.807, 2.05) is 6.92 Å². The van der Waals surface area contributed by atoms with Gasteiger partial charge in [-0.25, -0.2) is 0 Å². The van der Waals surface area contributed by atoms with Gasteiger partial charge in [0.05, 0.1) is 0 Å². The summed E-state index contributed by atoms with van der Waals surface area (Å²) in [7, 11) is 0. The van der Waals surface area contributed by atoms with Gasteiger partial charge in [0.15, 0.2) is 0 Å². The van der Waals surface area contributed by atoms with Gasteiger partial charge in [-0.2, -0.15) is 0 Å². The normalized spacial score (nSPS) is 11.2. The van der Waals surface area contributed by atoms with Crippen molar-refractivity contribution in [3.05, 3.63) is 35.5 Å². The van der Waals surface area contributed by atoms with E-state index in [0.717, 1.165) is 18.6 Å². The number of nitrogens with one attached hydrogen (secondary N) is 1. The molecule has 0 saturated heterocycles. The van der Waals surface area contributed by atoms with Crippen molar-refractivity contribution >= 4 is 17.2 Å². The Balaban J connectivity index is 0.000000486. The summed E-state index contributed by atoms with van der Waals surface area (Å²) in [5.41, 5.74) is 9.65. The first-order chi connectivity index (χ1) is 9.83. The average molecular weight is 290 g/mol. The number of rotatable bonds is 2. The second kappa shape index (κ2) is 10.2. The van der Waals surface area contributed by atoms with E-state index in [1.165, 1.54) is 29.0 Å². The fourth-order valence-electron chi connectivity index (χ4n) is 1.88. The SMILES string of the molecule is CC(C)C.CC=O.Cc1cccc2c(CC(C)N)c[nH]c12. The highest BCUT2D eigenvalue weighted by Gasteiger charge is 2.06. The van der Waals surface area contributed by atoms with E-state index in [2.05, 4.69) is 57.1 Å². The Labute approximate surface area is 128 Å². The van der Waals surface area contributed by atoms with Crippen LogP contribution in [0.2, 0.25) is 0 Å². The maximum absolute atomic E-state index is 8.81. The predicted molar refractivity (Wildman–Crippen MR) is 92.6 cm³/mol. The maximum Gasteiger partial charge on any atom is 0.116 e. The molecule has 1 heterocycles. The van der Waals surface area contributed by atoms with Gasteiger partial charge in [0.25, 0.3) is 0 Å². The van der Waals surface area contributed by atoms with Crippen LogP contribution in [0, 0.1) is 12.8 Å². The van der Waals surface area contributed by atoms with Crippen molar-refractivity contribution in [3.63, 3.8) is 0 Å². The van der Waals surface area contributed by atoms with Gasteiger partial charge in [0, 0.05) is 23.1 Å². The van der Waals surface area contributed by atoms with Crippen LogP contribution in [-0.2, 0) is 11.2 Å². The molecule has 0 radical (unpaired) electrons. The molecule has 0 saturated carbocycles. The van der Waals surface area contributed by atoms with Crippen molar-refractivity contribution in [3.8, 4) is 0 Å². The monoisotopic (exact) mass is 290 g/mol. The van der Waals surface area contributed by atoms with Crippen LogP contribution in [-0.4, -0.2) is 17.3 Å². The number of para-hydroxylation sites is 1. The number of benzene rings is 1. The minimum Gasteiger partial charge on any atom is -0.361 e. The lowest BCUT2D eigenvalue weighted by molar-refractivity contribution is -0.106. The van der Waals surface area contributed by atoms with E-state index in [0.29, 0.717) is 0 Å². The second-order valence-corrected chi connectivity index (χ2v) is 5.96. The molecule has 1 aromatic carbocycles. The molecule has 3 nitrogen and oxygen atoms in total. The van der Waals surface area contributed by atoms with Crippen molar-refractivity contribution in [1.82, 2.24) is 4.98 Å². The van der Waals surface area contributed by atoms with Gasteiger partial charge < -0.3 is 15.5 Å². The molecule has 3 heteroatoms. The molecule has 1 atom stereocenters. The van der Waals surface area contributed by atoms with Gasteiger partial charge in [0.2, 0.25) is 0 Å². The van der Waals surface area contributed by atoms with Crippen LogP contribution >= 0.6 is 0 Å². The van der Waals surface area contributed by atoms with E-state index in [-0.39, 0.29) is 6.04 Å². The molecule has 1 aromatic heterocycles. The molecule has 0 amide bonds. The number of hydrogen-bond acceptors (Lipinski definition) is 2. The van der Waals surface area contributed by atoms with Gasteiger partial charge in [0.1, 0.15) is 6.29 Å². The third-order valence-corrected chi connectivity index (χ3v) is 2.55. The van der Waals surface area contributed by atoms with Gasteiger partial charge >= 0.3 is 0 Å². The Bertz CT molecular complexity index is 524. The van der Waals surface area contributed by atoms with Crippen LogP contribution in [0.15, 0.2) is 24.4 Å². The number of carbonyl (C=O) groups excluding carboxylic acids is 1. The molecule has 0 aliphatic rings. The van der Waals surface area contributed by atoms with Crippen LogP contribution in [0.1, 0.15) is 45.7 Å². The van der Waals surface area contributed by atoms with Gasteiger partial charge in [-0.3, -0.25) is 0 Å². The second-order valence-electron chi connectivity index (χ2n) is 5.96. The Morgan fingerprint density at radius 2 is 1.76 bits per heavy atom. The first kappa shape index (κ1) is 19.4. The molecule has 0 bridgehead atoms. The largest absolute Gasteiger partial charge is 0.361 e. The topological polar surface area (TPSA) is 58.9 Å². The van der Waals surface area contributed by atoms with Gasteiger partial charge in [-0.1, -0.05) is 39.0 Å². The number of nitrogens with two attached hydrogens (primary N) is 1. The number of hydrogen-bond donors (Lipinski definition) is 2. The molecule has 21 heavy (non-hydrogen) atoms. The predicted octanol–water partition coefficient (Wildman–Crippen LogP) is 4.23. The standard InChI is InChI=1S/C12H16N2.C4H10.C2H4O/c1-8-4-3-5-11-10(6-9(2)13)7-14-12(8)11;1-4(2)3;1-2-3/h3-5,7,9,14H,6,13H2,1-2H3;4H,1-3H3;2H,1H3. The summed E-state index contributed by atoms with van der Waals surface area (Å²) in [4.78, 5) is 12.1. The highest BCUT2D eigenvalue weighted by molar-refractivity contribution is 5.85. The van der Waals surface area contributed by atoms with Gasteiger partial charge in [-0.05, 0) is 44.2 Å². The molecular weight excluding hydrogens is 260 g/mol. The fraction of sp³-hybridized carbons (Fsp3) is 0.500. The van der Waals surface area contributed by atoms with E-state index in [1.54, 1.807) is 0 Å². The number of aldehydes is 1. The molecule has 1 unspecified atom stereocenters. The molecular formula is C18H30N2O. The summed E-state index contributed by atoms with van der Waals surface area (Å²) in [5.74, 6) is 0.833. The molecule has 2 rings (SSSR count). The van der Waals surface area contributed by atoms with Crippen molar-refractivity contribution in [2.45, 2.75) is 54.0 Å². The Hall–Kier alpha value is -1.61. The number of aryl methyl sites for hydroxylation is 1. The number of aromatic amines is 1. The summed E-state index contributed by atoms with van der Waals surface area (Å²) < 4.78 is 0. The third kappa shape index (κ3) is 7.66.